The quantitative estimate of drug-likeness (QED) is 0.766. The molecule has 1 atom stereocenters. The number of hydrogen-bond acceptors (Lipinski definition) is 3. The van der Waals surface area contributed by atoms with Gasteiger partial charge in [0.1, 0.15) is 0 Å². The largest absolute Gasteiger partial charge is 0.481 e. The van der Waals surface area contributed by atoms with Crippen LogP contribution in [0.25, 0.3) is 0 Å². The summed E-state index contributed by atoms with van der Waals surface area (Å²) in [5.41, 5.74) is 7.56. The standard InChI is InChI=1S/C11H15NO3/c1-15-7-8-3-2-4-9(5-8)10(12)6-11(13)14/h2-5,10H,6-7,12H2,1H3,(H,13,14). The molecule has 0 radical (unpaired) electrons. The van der Waals surface area contributed by atoms with Gasteiger partial charge in [-0.05, 0) is 11.1 Å². The number of ether oxygens (including phenoxy) is 1. The fourth-order valence-corrected chi connectivity index (χ4v) is 1.39. The Morgan fingerprint density at radius 2 is 2.33 bits per heavy atom. The molecule has 15 heavy (non-hydrogen) atoms. The highest BCUT2D eigenvalue weighted by Crippen LogP contribution is 2.15. The van der Waals surface area contributed by atoms with E-state index in [9.17, 15) is 4.79 Å². The van der Waals surface area contributed by atoms with Crippen molar-refractivity contribution in [2.45, 2.75) is 19.1 Å². The van der Waals surface area contributed by atoms with E-state index in [1.54, 1.807) is 7.11 Å². The first-order valence-electron chi connectivity index (χ1n) is 4.68. The van der Waals surface area contributed by atoms with Gasteiger partial charge in [-0.1, -0.05) is 24.3 Å². The molecule has 0 saturated carbocycles. The second-order valence-electron chi connectivity index (χ2n) is 3.38. The van der Waals surface area contributed by atoms with E-state index in [1.807, 2.05) is 24.3 Å². The molecule has 0 saturated heterocycles. The van der Waals surface area contributed by atoms with Crippen LogP contribution in [0.1, 0.15) is 23.6 Å². The molecular weight excluding hydrogens is 194 g/mol. The lowest BCUT2D eigenvalue weighted by Crippen LogP contribution is -2.15. The molecular formula is C11H15NO3. The Morgan fingerprint density at radius 3 is 2.93 bits per heavy atom. The second-order valence-corrected chi connectivity index (χ2v) is 3.38. The maximum absolute atomic E-state index is 10.5. The SMILES string of the molecule is COCc1cccc(C(N)CC(=O)O)c1. The number of carbonyl (C=O) groups is 1. The third-order valence-corrected chi connectivity index (χ3v) is 2.08. The number of benzene rings is 1. The zero-order valence-electron chi connectivity index (χ0n) is 8.64. The number of carboxylic acids is 1. The lowest BCUT2D eigenvalue weighted by molar-refractivity contribution is -0.137. The number of carboxylic acid groups (broad SMARTS) is 1. The van der Waals surface area contributed by atoms with E-state index in [1.165, 1.54) is 0 Å². The van der Waals surface area contributed by atoms with Crippen molar-refractivity contribution in [1.29, 1.82) is 0 Å². The molecule has 1 rings (SSSR count). The van der Waals surface area contributed by atoms with Crippen LogP contribution in [0.3, 0.4) is 0 Å². The number of aliphatic carboxylic acids is 1. The van der Waals surface area contributed by atoms with Gasteiger partial charge in [0, 0.05) is 13.2 Å². The molecule has 0 fully saturated rings. The monoisotopic (exact) mass is 209 g/mol. The van der Waals surface area contributed by atoms with Crippen LogP contribution < -0.4 is 5.73 Å². The van der Waals surface area contributed by atoms with Crippen molar-refractivity contribution < 1.29 is 14.6 Å². The molecule has 0 bridgehead atoms. The fraction of sp³-hybridized carbons (Fsp3) is 0.364. The molecule has 0 amide bonds. The normalized spacial score (nSPS) is 12.4. The van der Waals surface area contributed by atoms with Crippen LogP contribution in [0, 0.1) is 0 Å². The highest BCUT2D eigenvalue weighted by atomic mass is 16.5. The maximum atomic E-state index is 10.5. The Labute approximate surface area is 88.7 Å². The van der Waals surface area contributed by atoms with Crippen molar-refractivity contribution >= 4 is 5.97 Å². The van der Waals surface area contributed by atoms with Gasteiger partial charge in [-0.2, -0.15) is 0 Å². The highest BCUT2D eigenvalue weighted by molar-refractivity contribution is 5.67. The van der Waals surface area contributed by atoms with Crippen LogP contribution in [-0.2, 0) is 16.1 Å². The van der Waals surface area contributed by atoms with Crippen molar-refractivity contribution in [2.75, 3.05) is 7.11 Å². The van der Waals surface area contributed by atoms with Crippen molar-refractivity contribution in [2.24, 2.45) is 5.73 Å². The Balaban J connectivity index is 2.75. The molecule has 0 aromatic heterocycles. The van der Waals surface area contributed by atoms with E-state index < -0.39 is 12.0 Å². The van der Waals surface area contributed by atoms with Gasteiger partial charge in [-0.3, -0.25) is 4.79 Å². The molecule has 0 aliphatic rings. The molecule has 3 N–H and O–H groups in total. The van der Waals surface area contributed by atoms with E-state index in [-0.39, 0.29) is 6.42 Å². The van der Waals surface area contributed by atoms with Crippen LogP contribution in [0.4, 0.5) is 0 Å². The number of nitrogens with two attached hydrogens (primary N) is 1. The molecule has 0 spiro atoms. The lowest BCUT2D eigenvalue weighted by atomic mass is 10.0. The average molecular weight is 209 g/mol. The van der Waals surface area contributed by atoms with Gasteiger partial charge in [0.05, 0.1) is 13.0 Å². The van der Waals surface area contributed by atoms with Gasteiger partial charge in [-0.25, -0.2) is 0 Å². The van der Waals surface area contributed by atoms with E-state index >= 15 is 0 Å². The first kappa shape index (κ1) is 11.7. The van der Waals surface area contributed by atoms with E-state index in [2.05, 4.69) is 0 Å². The fourth-order valence-electron chi connectivity index (χ4n) is 1.39. The number of hydrogen-bond donors (Lipinski definition) is 2. The summed E-state index contributed by atoms with van der Waals surface area (Å²) in [4.78, 5) is 10.5. The van der Waals surface area contributed by atoms with Crippen molar-refractivity contribution in [3.63, 3.8) is 0 Å². The summed E-state index contributed by atoms with van der Waals surface area (Å²) in [6.45, 7) is 0.508. The first-order valence-corrected chi connectivity index (χ1v) is 4.68. The summed E-state index contributed by atoms with van der Waals surface area (Å²) in [5.74, 6) is -0.889. The first-order chi connectivity index (χ1) is 7.13. The van der Waals surface area contributed by atoms with Gasteiger partial charge < -0.3 is 15.6 Å². The Hall–Kier alpha value is -1.39. The molecule has 4 heteroatoms. The lowest BCUT2D eigenvalue weighted by Gasteiger charge is -2.10. The third-order valence-electron chi connectivity index (χ3n) is 2.08. The zero-order chi connectivity index (χ0) is 11.3. The van der Waals surface area contributed by atoms with Gasteiger partial charge in [0.25, 0.3) is 0 Å². The van der Waals surface area contributed by atoms with Crippen LogP contribution in [-0.4, -0.2) is 18.2 Å². The molecule has 1 aromatic carbocycles. The highest BCUT2D eigenvalue weighted by Gasteiger charge is 2.10. The third kappa shape index (κ3) is 3.69. The van der Waals surface area contributed by atoms with Crippen LogP contribution in [0.15, 0.2) is 24.3 Å². The minimum atomic E-state index is -0.889. The maximum Gasteiger partial charge on any atom is 0.305 e. The van der Waals surface area contributed by atoms with Gasteiger partial charge in [-0.15, -0.1) is 0 Å². The minimum Gasteiger partial charge on any atom is -0.481 e. The Bertz CT molecular complexity index is 338. The summed E-state index contributed by atoms with van der Waals surface area (Å²) in [6, 6.07) is 7.01. The second kappa shape index (κ2) is 5.48. The topological polar surface area (TPSA) is 72.5 Å². The van der Waals surface area contributed by atoms with Gasteiger partial charge in [0.15, 0.2) is 0 Å². The Kier molecular flexibility index (Phi) is 4.27. The smallest absolute Gasteiger partial charge is 0.305 e. The number of methoxy groups -OCH3 is 1. The van der Waals surface area contributed by atoms with Crippen LogP contribution in [0.5, 0.6) is 0 Å². The van der Waals surface area contributed by atoms with Crippen LogP contribution in [0.2, 0.25) is 0 Å². The van der Waals surface area contributed by atoms with E-state index in [0.29, 0.717) is 6.61 Å². The molecule has 0 aliphatic heterocycles. The predicted molar refractivity (Wildman–Crippen MR) is 56.3 cm³/mol. The predicted octanol–water partition coefficient (Wildman–Crippen LogP) is 1.31. The Morgan fingerprint density at radius 1 is 1.60 bits per heavy atom. The van der Waals surface area contributed by atoms with E-state index in [4.69, 9.17) is 15.6 Å². The van der Waals surface area contributed by atoms with Crippen LogP contribution >= 0.6 is 0 Å². The van der Waals surface area contributed by atoms with Crippen molar-refractivity contribution in [1.82, 2.24) is 0 Å². The molecule has 0 heterocycles. The van der Waals surface area contributed by atoms with Crippen molar-refractivity contribution in [3.05, 3.63) is 35.4 Å². The summed E-state index contributed by atoms with van der Waals surface area (Å²) in [7, 11) is 1.61. The van der Waals surface area contributed by atoms with E-state index in [0.717, 1.165) is 11.1 Å². The molecule has 82 valence electrons. The molecule has 1 aromatic rings. The number of rotatable bonds is 5. The molecule has 4 nitrogen and oxygen atoms in total. The average Bonchev–Trinajstić information content (AvgIpc) is 2.17. The summed E-state index contributed by atoms with van der Waals surface area (Å²) in [6.07, 6.45) is -0.0591. The summed E-state index contributed by atoms with van der Waals surface area (Å²) >= 11 is 0. The van der Waals surface area contributed by atoms with Gasteiger partial charge in [0.2, 0.25) is 0 Å². The molecule has 1 unspecified atom stereocenters. The zero-order valence-corrected chi connectivity index (χ0v) is 8.64. The summed E-state index contributed by atoms with van der Waals surface area (Å²) in [5, 5.41) is 8.61. The minimum absolute atomic E-state index is 0.0591. The van der Waals surface area contributed by atoms with Crippen molar-refractivity contribution in [3.8, 4) is 0 Å². The van der Waals surface area contributed by atoms with Gasteiger partial charge >= 0.3 is 5.97 Å². The molecule has 0 aliphatic carbocycles. The summed E-state index contributed by atoms with van der Waals surface area (Å²) < 4.78 is 4.99.